The van der Waals surface area contributed by atoms with Gasteiger partial charge in [0.05, 0.1) is 0 Å². The van der Waals surface area contributed by atoms with E-state index in [0.717, 1.165) is 0 Å². The summed E-state index contributed by atoms with van der Waals surface area (Å²) in [4.78, 5) is 0. The summed E-state index contributed by atoms with van der Waals surface area (Å²) in [6, 6.07) is 0. The summed E-state index contributed by atoms with van der Waals surface area (Å²) in [7, 11) is 0. The molecule has 0 heteroatoms. The van der Waals surface area contributed by atoms with Gasteiger partial charge in [0.25, 0.3) is 0 Å². The van der Waals surface area contributed by atoms with Gasteiger partial charge in [-0.15, -0.1) is 0 Å². The highest BCUT2D eigenvalue weighted by atomic mass is 13.9. The topological polar surface area (TPSA) is 0 Å². The molecule has 0 fully saturated rings. The molecule has 0 aliphatic rings. The summed E-state index contributed by atoms with van der Waals surface area (Å²) >= 11 is 0. The first kappa shape index (κ1) is 8.74. The molecular formula is C9H17. The summed E-state index contributed by atoms with van der Waals surface area (Å²) in [6.07, 6.45) is 10.6. The summed E-state index contributed by atoms with van der Waals surface area (Å²) in [5.74, 6) is 0. The molecule has 0 saturated carbocycles. The van der Waals surface area contributed by atoms with Crippen molar-refractivity contribution in [3.63, 3.8) is 0 Å². The summed E-state index contributed by atoms with van der Waals surface area (Å²) in [6.45, 7) is 5.86. The molecule has 9 heavy (non-hydrogen) atoms. The molecular weight excluding hydrogens is 108 g/mol. The first-order valence-electron chi connectivity index (χ1n) is 3.86. The molecule has 0 nitrogen and oxygen atoms in total. The maximum Gasteiger partial charge on any atom is -0.0316 e. The van der Waals surface area contributed by atoms with Crippen molar-refractivity contribution in [3.8, 4) is 0 Å². The van der Waals surface area contributed by atoms with Gasteiger partial charge >= 0.3 is 0 Å². The van der Waals surface area contributed by atoms with Gasteiger partial charge in [-0.2, -0.15) is 0 Å². The molecule has 53 valence electrons. The van der Waals surface area contributed by atoms with Gasteiger partial charge in [0.15, 0.2) is 0 Å². The average Bonchev–Trinajstić information content (AvgIpc) is 1.89. The molecule has 0 aromatic rings. The standard InChI is InChI=1S/C9H17/c1-3-5-7-9-8-6-4-2/h3,5H,1,4,6-9H2,2H3/b5-3+. The zero-order valence-corrected chi connectivity index (χ0v) is 6.40. The van der Waals surface area contributed by atoms with Gasteiger partial charge in [0, 0.05) is 0 Å². The van der Waals surface area contributed by atoms with E-state index in [4.69, 9.17) is 0 Å². The van der Waals surface area contributed by atoms with Crippen LogP contribution in [0, 0.1) is 6.92 Å². The zero-order chi connectivity index (χ0) is 6.95. The van der Waals surface area contributed by atoms with E-state index in [1.807, 2.05) is 6.08 Å². The molecule has 1 radical (unpaired) electrons. The summed E-state index contributed by atoms with van der Waals surface area (Å²) < 4.78 is 0. The van der Waals surface area contributed by atoms with Gasteiger partial charge in [-0.1, -0.05) is 38.3 Å². The van der Waals surface area contributed by atoms with Crippen molar-refractivity contribution in [2.45, 2.75) is 39.0 Å². The summed E-state index contributed by atoms with van der Waals surface area (Å²) in [5.41, 5.74) is 0. The monoisotopic (exact) mass is 125 g/mol. The highest BCUT2D eigenvalue weighted by molar-refractivity contribution is 4.83. The van der Waals surface area contributed by atoms with Crippen molar-refractivity contribution in [2.24, 2.45) is 0 Å². The van der Waals surface area contributed by atoms with E-state index in [2.05, 4.69) is 19.9 Å². The van der Waals surface area contributed by atoms with Gasteiger partial charge in [0.1, 0.15) is 0 Å². The highest BCUT2D eigenvalue weighted by Crippen LogP contribution is 2.02. The Kier molecular flexibility index (Phi) is 7.52. The van der Waals surface area contributed by atoms with E-state index in [9.17, 15) is 0 Å². The van der Waals surface area contributed by atoms with Crippen LogP contribution in [0.4, 0.5) is 0 Å². The average molecular weight is 125 g/mol. The maximum absolute atomic E-state index is 3.62. The number of hydrogen-bond donors (Lipinski definition) is 0. The van der Waals surface area contributed by atoms with Crippen LogP contribution in [0.15, 0.2) is 12.2 Å². The van der Waals surface area contributed by atoms with Gasteiger partial charge in [-0.25, -0.2) is 0 Å². The fourth-order valence-electron chi connectivity index (χ4n) is 0.807. The Labute approximate surface area is 59.0 Å². The third kappa shape index (κ3) is 7.74. The Balaban J connectivity index is 2.75. The van der Waals surface area contributed by atoms with Crippen LogP contribution in [0.2, 0.25) is 0 Å². The second kappa shape index (κ2) is 7.74. The quantitative estimate of drug-likeness (QED) is 0.494. The third-order valence-electron chi connectivity index (χ3n) is 1.39. The van der Waals surface area contributed by atoms with Crippen LogP contribution >= 0.6 is 0 Å². The van der Waals surface area contributed by atoms with Gasteiger partial charge in [-0.05, 0) is 19.8 Å². The minimum Gasteiger partial charge on any atom is -0.0885 e. The lowest BCUT2D eigenvalue weighted by atomic mass is 10.1. The van der Waals surface area contributed by atoms with Crippen LogP contribution in [-0.2, 0) is 0 Å². The first-order valence-corrected chi connectivity index (χ1v) is 3.86. The molecule has 0 aromatic carbocycles. The Morgan fingerprint density at radius 1 is 1.22 bits per heavy atom. The number of allylic oxidation sites excluding steroid dienone is 2. The van der Waals surface area contributed by atoms with Crippen LogP contribution in [0.1, 0.15) is 39.0 Å². The summed E-state index contributed by atoms with van der Waals surface area (Å²) in [5, 5.41) is 0. The van der Waals surface area contributed by atoms with Crippen LogP contribution in [-0.4, -0.2) is 0 Å². The Morgan fingerprint density at radius 3 is 2.56 bits per heavy atom. The second-order valence-corrected chi connectivity index (χ2v) is 2.32. The maximum atomic E-state index is 3.62. The van der Waals surface area contributed by atoms with Gasteiger partial charge in [0.2, 0.25) is 0 Å². The molecule has 0 spiro atoms. The van der Waals surface area contributed by atoms with Crippen molar-refractivity contribution < 1.29 is 0 Å². The molecule has 0 saturated heterocycles. The van der Waals surface area contributed by atoms with Crippen molar-refractivity contribution in [2.75, 3.05) is 0 Å². The molecule has 0 unspecified atom stereocenters. The van der Waals surface area contributed by atoms with Crippen LogP contribution in [0.5, 0.6) is 0 Å². The van der Waals surface area contributed by atoms with E-state index in [0.29, 0.717) is 0 Å². The molecule has 0 heterocycles. The first-order chi connectivity index (χ1) is 4.41. The van der Waals surface area contributed by atoms with E-state index < -0.39 is 0 Å². The van der Waals surface area contributed by atoms with Crippen LogP contribution in [0.3, 0.4) is 0 Å². The number of unbranched alkanes of at least 4 members (excludes halogenated alkanes) is 4. The predicted molar refractivity (Wildman–Crippen MR) is 43.3 cm³/mol. The number of rotatable bonds is 5. The lowest BCUT2D eigenvalue weighted by Crippen LogP contribution is -1.72. The minimum absolute atomic E-state index is 1.21. The normalized spacial score (nSPS) is 10.9. The fourth-order valence-corrected chi connectivity index (χ4v) is 0.807. The second-order valence-electron chi connectivity index (χ2n) is 2.32. The Morgan fingerprint density at radius 2 is 2.00 bits per heavy atom. The van der Waals surface area contributed by atoms with Crippen LogP contribution < -0.4 is 0 Å². The highest BCUT2D eigenvalue weighted by Gasteiger charge is 1.82. The zero-order valence-electron chi connectivity index (χ0n) is 6.40. The molecule has 0 atom stereocenters. The predicted octanol–water partition coefficient (Wildman–Crippen LogP) is 3.35. The SMILES string of the molecule is [CH2]/C=C/CCCCCC. The lowest BCUT2D eigenvalue weighted by molar-refractivity contribution is 0.674. The fraction of sp³-hybridized carbons (Fsp3) is 0.667. The molecule has 0 aliphatic heterocycles. The molecule has 0 bridgehead atoms. The van der Waals surface area contributed by atoms with Crippen molar-refractivity contribution in [3.05, 3.63) is 19.1 Å². The van der Waals surface area contributed by atoms with E-state index in [-0.39, 0.29) is 0 Å². The van der Waals surface area contributed by atoms with Crippen molar-refractivity contribution in [1.29, 1.82) is 0 Å². The van der Waals surface area contributed by atoms with Gasteiger partial charge in [-0.3, -0.25) is 0 Å². The lowest BCUT2D eigenvalue weighted by Gasteiger charge is -1.92. The largest absolute Gasteiger partial charge is 0.0885 e. The van der Waals surface area contributed by atoms with E-state index >= 15 is 0 Å². The Hall–Kier alpha value is -0.260. The molecule has 0 aromatic heterocycles. The third-order valence-corrected chi connectivity index (χ3v) is 1.39. The smallest absolute Gasteiger partial charge is 0.0316 e. The van der Waals surface area contributed by atoms with Crippen LogP contribution in [0.25, 0.3) is 0 Å². The molecule has 0 amide bonds. The molecule has 0 rings (SSSR count). The van der Waals surface area contributed by atoms with Crippen molar-refractivity contribution >= 4 is 0 Å². The molecule has 0 N–H and O–H groups in total. The van der Waals surface area contributed by atoms with Gasteiger partial charge < -0.3 is 0 Å². The minimum atomic E-state index is 1.21. The van der Waals surface area contributed by atoms with Crippen molar-refractivity contribution in [1.82, 2.24) is 0 Å². The Bertz CT molecular complexity index is 62.4. The number of hydrogen-bond acceptors (Lipinski definition) is 0. The van der Waals surface area contributed by atoms with E-state index in [1.165, 1.54) is 32.1 Å². The molecule has 0 aliphatic carbocycles. The van der Waals surface area contributed by atoms with E-state index in [1.54, 1.807) is 0 Å².